The molecule has 0 saturated carbocycles. The summed E-state index contributed by atoms with van der Waals surface area (Å²) in [6.07, 6.45) is 3.71. The molecule has 5 heteroatoms. The van der Waals surface area contributed by atoms with Crippen LogP contribution in [0.25, 0.3) is 0 Å². The summed E-state index contributed by atoms with van der Waals surface area (Å²) in [4.78, 5) is 19.3. The van der Waals surface area contributed by atoms with Crippen LogP contribution in [-0.4, -0.2) is 41.5 Å². The van der Waals surface area contributed by atoms with Crippen LogP contribution in [0.1, 0.15) is 41.4 Å². The van der Waals surface area contributed by atoms with Gasteiger partial charge in [0.1, 0.15) is 12.4 Å². The summed E-state index contributed by atoms with van der Waals surface area (Å²) in [5.74, 6) is 0.844. The Hall–Kier alpha value is -2.40. The number of aryl methyl sites for hydroxylation is 1. The third-order valence-corrected chi connectivity index (χ3v) is 4.66. The fraction of sp³-hybridized carbons (Fsp3) is 0.429. The molecule has 1 N–H and O–H groups in total. The van der Waals surface area contributed by atoms with Gasteiger partial charge in [-0.25, -0.2) is 0 Å². The summed E-state index contributed by atoms with van der Waals surface area (Å²) in [5.41, 5.74) is 2.67. The molecule has 0 spiro atoms. The van der Waals surface area contributed by atoms with Gasteiger partial charge >= 0.3 is 0 Å². The monoisotopic (exact) mass is 353 g/mol. The molecule has 1 aliphatic heterocycles. The highest BCUT2D eigenvalue weighted by atomic mass is 16.5. The van der Waals surface area contributed by atoms with Crippen LogP contribution in [0.4, 0.5) is 0 Å². The Morgan fingerprint density at radius 2 is 2.23 bits per heavy atom. The SMILES string of the molecule is CCCN(C(=O)c1cccc(COc2ccc(C)nc2)c1)C1CCNC1. The summed E-state index contributed by atoms with van der Waals surface area (Å²) in [6.45, 7) is 7.14. The minimum Gasteiger partial charge on any atom is -0.487 e. The lowest BCUT2D eigenvalue weighted by atomic mass is 10.1. The number of benzene rings is 1. The number of ether oxygens (including phenoxy) is 1. The van der Waals surface area contributed by atoms with E-state index in [2.05, 4.69) is 17.2 Å². The first-order valence-electron chi connectivity index (χ1n) is 9.33. The summed E-state index contributed by atoms with van der Waals surface area (Å²) < 4.78 is 5.79. The first-order chi connectivity index (χ1) is 12.7. The van der Waals surface area contributed by atoms with Crippen LogP contribution in [0.2, 0.25) is 0 Å². The lowest BCUT2D eigenvalue weighted by molar-refractivity contribution is 0.0692. The number of carbonyl (C=O) groups excluding carboxylic acids is 1. The number of carbonyl (C=O) groups is 1. The molecule has 2 aromatic rings. The lowest BCUT2D eigenvalue weighted by Crippen LogP contribution is -2.42. The Morgan fingerprint density at radius 1 is 1.35 bits per heavy atom. The Morgan fingerprint density at radius 3 is 2.92 bits per heavy atom. The summed E-state index contributed by atoms with van der Waals surface area (Å²) >= 11 is 0. The second-order valence-corrected chi connectivity index (χ2v) is 6.77. The van der Waals surface area contributed by atoms with E-state index in [9.17, 15) is 4.79 Å². The van der Waals surface area contributed by atoms with E-state index in [0.717, 1.165) is 55.0 Å². The summed E-state index contributed by atoms with van der Waals surface area (Å²) in [7, 11) is 0. The van der Waals surface area contributed by atoms with Gasteiger partial charge in [0.2, 0.25) is 0 Å². The van der Waals surface area contributed by atoms with Crippen LogP contribution in [0.5, 0.6) is 5.75 Å². The smallest absolute Gasteiger partial charge is 0.254 e. The molecule has 1 aromatic heterocycles. The summed E-state index contributed by atoms with van der Waals surface area (Å²) in [6, 6.07) is 11.9. The van der Waals surface area contributed by atoms with Gasteiger partial charge in [0.05, 0.1) is 6.20 Å². The van der Waals surface area contributed by atoms with Crippen LogP contribution in [0, 0.1) is 6.92 Å². The van der Waals surface area contributed by atoms with Crippen molar-refractivity contribution in [1.82, 2.24) is 15.2 Å². The molecule has 138 valence electrons. The van der Waals surface area contributed by atoms with Gasteiger partial charge in [0.25, 0.3) is 5.91 Å². The van der Waals surface area contributed by atoms with Gasteiger partial charge < -0.3 is 15.0 Å². The van der Waals surface area contributed by atoms with Crippen molar-refractivity contribution < 1.29 is 9.53 Å². The second kappa shape index (κ2) is 8.81. The maximum absolute atomic E-state index is 13.0. The van der Waals surface area contributed by atoms with Crippen molar-refractivity contribution in [3.05, 3.63) is 59.4 Å². The van der Waals surface area contributed by atoms with Crippen LogP contribution >= 0.6 is 0 Å². The van der Waals surface area contributed by atoms with Crippen LogP contribution in [0.15, 0.2) is 42.6 Å². The molecule has 5 nitrogen and oxygen atoms in total. The number of nitrogens with zero attached hydrogens (tertiary/aromatic N) is 2. The molecule has 1 fully saturated rings. The van der Waals surface area contributed by atoms with Crippen molar-refractivity contribution in [1.29, 1.82) is 0 Å². The zero-order chi connectivity index (χ0) is 18.4. The second-order valence-electron chi connectivity index (χ2n) is 6.77. The van der Waals surface area contributed by atoms with Crippen LogP contribution in [0.3, 0.4) is 0 Å². The van der Waals surface area contributed by atoms with E-state index >= 15 is 0 Å². The molecule has 1 amide bonds. The van der Waals surface area contributed by atoms with Crippen molar-refractivity contribution in [2.45, 2.75) is 39.3 Å². The minimum absolute atomic E-state index is 0.111. The number of aromatic nitrogens is 1. The third-order valence-electron chi connectivity index (χ3n) is 4.66. The van der Waals surface area contributed by atoms with Crippen molar-refractivity contribution in [2.24, 2.45) is 0 Å². The van der Waals surface area contributed by atoms with Gasteiger partial charge in [0, 0.05) is 30.4 Å². The zero-order valence-electron chi connectivity index (χ0n) is 15.6. The van der Waals surface area contributed by atoms with Crippen LogP contribution in [-0.2, 0) is 6.61 Å². The van der Waals surface area contributed by atoms with E-state index < -0.39 is 0 Å². The molecule has 3 rings (SSSR count). The van der Waals surface area contributed by atoms with Crippen molar-refractivity contribution in [3.63, 3.8) is 0 Å². The molecular formula is C21H27N3O2. The first kappa shape index (κ1) is 18.4. The van der Waals surface area contributed by atoms with Gasteiger partial charge in [-0.15, -0.1) is 0 Å². The van der Waals surface area contributed by atoms with Gasteiger partial charge in [-0.1, -0.05) is 19.1 Å². The Bertz CT molecular complexity index is 724. The van der Waals surface area contributed by atoms with Crippen molar-refractivity contribution in [2.75, 3.05) is 19.6 Å². The average molecular weight is 353 g/mol. The highest BCUT2D eigenvalue weighted by Gasteiger charge is 2.26. The number of hydrogen-bond donors (Lipinski definition) is 1. The highest BCUT2D eigenvalue weighted by molar-refractivity contribution is 5.94. The van der Waals surface area contributed by atoms with E-state index in [1.165, 1.54) is 0 Å². The van der Waals surface area contributed by atoms with Crippen LogP contribution < -0.4 is 10.1 Å². The number of hydrogen-bond acceptors (Lipinski definition) is 4. The lowest BCUT2D eigenvalue weighted by Gasteiger charge is -2.28. The molecule has 1 atom stereocenters. The highest BCUT2D eigenvalue weighted by Crippen LogP contribution is 2.17. The Labute approximate surface area is 155 Å². The maximum Gasteiger partial charge on any atom is 0.254 e. The zero-order valence-corrected chi connectivity index (χ0v) is 15.6. The normalized spacial score (nSPS) is 16.5. The molecule has 1 saturated heterocycles. The fourth-order valence-corrected chi connectivity index (χ4v) is 3.26. The average Bonchev–Trinajstić information content (AvgIpc) is 3.20. The minimum atomic E-state index is 0.111. The quantitative estimate of drug-likeness (QED) is 0.831. The van der Waals surface area contributed by atoms with Gasteiger partial charge in [-0.05, 0) is 56.1 Å². The van der Waals surface area contributed by atoms with Gasteiger partial charge in [-0.3, -0.25) is 9.78 Å². The topological polar surface area (TPSA) is 54.5 Å². The van der Waals surface area contributed by atoms with E-state index in [-0.39, 0.29) is 5.91 Å². The molecule has 26 heavy (non-hydrogen) atoms. The molecular weight excluding hydrogens is 326 g/mol. The number of rotatable bonds is 7. The van der Waals surface area contributed by atoms with Gasteiger partial charge in [-0.2, -0.15) is 0 Å². The predicted octanol–water partition coefficient (Wildman–Crippen LogP) is 3.18. The van der Waals surface area contributed by atoms with Crippen molar-refractivity contribution >= 4 is 5.91 Å². The molecule has 0 radical (unpaired) electrons. The largest absolute Gasteiger partial charge is 0.487 e. The Balaban J connectivity index is 1.68. The number of pyridine rings is 1. The van der Waals surface area contributed by atoms with Gasteiger partial charge in [0.15, 0.2) is 0 Å². The predicted molar refractivity (Wildman–Crippen MR) is 102 cm³/mol. The van der Waals surface area contributed by atoms with E-state index in [4.69, 9.17) is 4.74 Å². The molecule has 0 bridgehead atoms. The molecule has 1 aromatic carbocycles. The fourth-order valence-electron chi connectivity index (χ4n) is 3.26. The van der Waals surface area contributed by atoms with E-state index in [1.807, 2.05) is 48.2 Å². The Kier molecular flexibility index (Phi) is 6.23. The van der Waals surface area contributed by atoms with E-state index in [1.54, 1.807) is 6.20 Å². The molecule has 2 heterocycles. The third kappa shape index (κ3) is 4.61. The summed E-state index contributed by atoms with van der Waals surface area (Å²) in [5, 5.41) is 3.35. The molecule has 1 aliphatic rings. The van der Waals surface area contributed by atoms with E-state index in [0.29, 0.717) is 12.6 Å². The molecule has 0 aliphatic carbocycles. The maximum atomic E-state index is 13.0. The van der Waals surface area contributed by atoms with Crippen molar-refractivity contribution in [3.8, 4) is 5.75 Å². The first-order valence-corrected chi connectivity index (χ1v) is 9.33. The molecule has 1 unspecified atom stereocenters. The number of nitrogens with one attached hydrogen (secondary N) is 1. The standard InChI is InChI=1S/C21H27N3O2/c1-3-11-24(19-9-10-22-13-19)21(25)18-6-4-5-17(12-18)15-26-20-8-7-16(2)23-14-20/h4-8,12,14,19,22H,3,9-11,13,15H2,1-2H3. The number of amides is 1.